The van der Waals surface area contributed by atoms with E-state index in [1.165, 1.54) is 4.57 Å². The summed E-state index contributed by atoms with van der Waals surface area (Å²) in [4.78, 5) is 35.0. The van der Waals surface area contributed by atoms with Crippen LogP contribution in [-0.4, -0.2) is 19.5 Å². The van der Waals surface area contributed by atoms with E-state index in [0.29, 0.717) is 28.7 Å². The van der Waals surface area contributed by atoms with Gasteiger partial charge in [0.2, 0.25) is 0 Å². The summed E-state index contributed by atoms with van der Waals surface area (Å²) in [7, 11) is 0. The van der Waals surface area contributed by atoms with E-state index in [2.05, 4.69) is 21.0 Å². The molecule has 0 amide bonds. The second-order valence-electron chi connectivity index (χ2n) is 5.71. The minimum atomic E-state index is -0.438. The van der Waals surface area contributed by atoms with E-state index in [0.717, 1.165) is 11.0 Å². The zero-order chi connectivity index (χ0) is 17.4. The second kappa shape index (κ2) is 5.76. The zero-order valence-corrected chi connectivity index (χ0v) is 13.1. The highest BCUT2D eigenvalue weighted by Crippen LogP contribution is 2.13. The maximum Gasteiger partial charge on any atom is 0.328 e. The van der Waals surface area contributed by atoms with Gasteiger partial charge in [-0.2, -0.15) is 5.26 Å². The molecule has 0 saturated carbocycles. The van der Waals surface area contributed by atoms with Gasteiger partial charge in [-0.25, -0.2) is 9.78 Å². The van der Waals surface area contributed by atoms with E-state index >= 15 is 0 Å². The molecule has 0 aliphatic heterocycles. The number of imidazole rings is 1. The Kier molecular flexibility index (Phi) is 3.43. The fourth-order valence-electron chi connectivity index (χ4n) is 2.87. The van der Waals surface area contributed by atoms with E-state index < -0.39 is 5.69 Å². The zero-order valence-electron chi connectivity index (χ0n) is 13.1. The van der Waals surface area contributed by atoms with Crippen molar-refractivity contribution in [3.05, 3.63) is 74.7 Å². The smallest absolute Gasteiger partial charge is 0.328 e. The highest BCUT2D eigenvalue weighted by molar-refractivity contribution is 5.77. The Hall–Kier alpha value is -3.66. The first-order chi connectivity index (χ1) is 12.2. The third kappa shape index (κ3) is 2.60. The standard InChI is InChI=1S/C18H13N5O2/c19-10-11-5-6-14-15(9-11)21-16(20-14)7-8-23-17(24)12-3-1-2-4-13(12)22-18(23)25/h1-6,9H,7-8H2,(H,20,21)(H,22,25). The average Bonchev–Trinajstić information content (AvgIpc) is 3.03. The van der Waals surface area contributed by atoms with Crippen molar-refractivity contribution in [3.63, 3.8) is 0 Å². The first-order valence-corrected chi connectivity index (χ1v) is 7.76. The molecule has 0 aliphatic carbocycles. The largest absolute Gasteiger partial charge is 0.342 e. The fraction of sp³-hybridized carbons (Fsp3) is 0.111. The number of benzene rings is 2. The molecule has 25 heavy (non-hydrogen) atoms. The molecule has 4 aromatic rings. The average molecular weight is 331 g/mol. The lowest BCUT2D eigenvalue weighted by Gasteiger charge is -2.05. The lowest BCUT2D eigenvalue weighted by molar-refractivity contribution is 0.624. The summed E-state index contributed by atoms with van der Waals surface area (Å²) in [5, 5.41) is 9.42. The molecular weight excluding hydrogens is 318 g/mol. The quantitative estimate of drug-likeness (QED) is 0.595. The summed E-state index contributed by atoms with van der Waals surface area (Å²) in [6.45, 7) is 0.212. The molecule has 2 N–H and O–H groups in total. The van der Waals surface area contributed by atoms with Crippen molar-refractivity contribution in [1.82, 2.24) is 19.5 Å². The highest BCUT2D eigenvalue weighted by Gasteiger charge is 2.09. The number of aromatic nitrogens is 4. The van der Waals surface area contributed by atoms with Gasteiger partial charge < -0.3 is 9.97 Å². The number of nitriles is 1. The van der Waals surface area contributed by atoms with Crippen LogP contribution in [0.3, 0.4) is 0 Å². The molecule has 7 nitrogen and oxygen atoms in total. The van der Waals surface area contributed by atoms with Crippen molar-refractivity contribution in [3.8, 4) is 6.07 Å². The van der Waals surface area contributed by atoms with Crippen molar-refractivity contribution >= 4 is 21.9 Å². The van der Waals surface area contributed by atoms with Gasteiger partial charge in [0.1, 0.15) is 5.82 Å². The van der Waals surface area contributed by atoms with E-state index in [4.69, 9.17) is 5.26 Å². The van der Waals surface area contributed by atoms with E-state index in [1.807, 2.05) is 0 Å². The van der Waals surface area contributed by atoms with Crippen LogP contribution in [0.1, 0.15) is 11.4 Å². The van der Waals surface area contributed by atoms with E-state index in [9.17, 15) is 9.59 Å². The van der Waals surface area contributed by atoms with Gasteiger partial charge in [-0.3, -0.25) is 9.36 Å². The third-order valence-electron chi connectivity index (χ3n) is 4.12. The summed E-state index contributed by atoms with van der Waals surface area (Å²) in [6, 6.07) is 14.2. The molecule has 0 aliphatic rings. The lowest BCUT2D eigenvalue weighted by atomic mass is 10.2. The summed E-state index contributed by atoms with van der Waals surface area (Å²) in [5.74, 6) is 0.657. The maximum atomic E-state index is 12.5. The molecule has 7 heteroatoms. The summed E-state index contributed by atoms with van der Waals surface area (Å²) in [5.41, 5.74) is 1.82. The van der Waals surface area contributed by atoms with Gasteiger partial charge in [-0.05, 0) is 30.3 Å². The molecule has 2 aromatic heterocycles. The molecular formula is C18H13N5O2. The van der Waals surface area contributed by atoms with Crippen molar-refractivity contribution < 1.29 is 0 Å². The number of para-hydroxylation sites is 1. The SMILES string of the molecule is N#Cc1ccc2nc(CCn3c(=O)[nH]c4ccccc4c3=O)[nH]c2c1. The second-order valence-corrected chi connectivity index (χ2v) is 5.71. The fourth-order valence-corrected chi connectivity index (χ4v) is 2.87. The summed E-state index contributed by atoms with van der Waals surface area (Å²) >= 11 is 0. The number of rotatable bonds is 3. The monoisotopic (exact) mass is 331 g/mol. The van der Waals surface area contributed by atoms with E-state index in [-0.39, 0.29) is 12.1 Å². The Morgan fingerprint density at radius 3 is 2.76 bits per heavy atom. The minimum absolute atomic E-state index is 0.212. The molecule has 0 bridgehead atoms. The lowest BCUT2D eigenvalue weighted by Crippen LogP contribution is -2.35. The number of hydrogen-bond donors (Lipinski definition) is 2. The molecule has 2 heterocycles. The van der Waals surface area contributed by atoms with Gasteiger partial charge in [0.25, 0.3) is 5.56 Å². The van der Waals surface area contributed by atoms with Gasteiger partial charge in [-0.15, -0.1) is 0 Å². The van der Waals surface area contributed by atoms with E-state index in [1.54, 1.807) is 42.5 Å². The van der Waals surface area contributed by atoms with Crippen LogP contribution in [0.25, 0.3) is 21.9 Å². The highest BCUT2D eigenvalue weighted by atomic mass is 16.2. The predicted molar refractivity (Wildman–Crippen MR) is 93.3 cm³/mol. The number of H-pyrrole nitrogens is 2. The number of nitrogens with zero attached hydrogens (tertiary/aromatic N) is 3. The minimum Gasteiger partial charge on any atom is -0.342 e. The van der Waals surface area contributed by atoms with Gasteiger partial charge in [0, 0.05) is 13.0 Å². The number of aryl methyl sites for hydroxylation is 1. The summed E-state index contributed by atoms with van der Waals surface area (Å²) in [6.07, 6.45) is 0.401. The number of aromatic amines is 2. The van der Waals surface area contributed by atoms with Crippen LogP contribution in [0.4, 0.5) is 0 Å². The van der Waals surface area contributed by atoms with Gasteiger partial charge in [-0.1, -0.05) is 12.1 Å². The Morgan fingerprint density at radius 1 is 1.08 bits per heavy atom. The van der Waals surface area contributed by atoms with Crippen molar-refractivity contribution in [2.24, 2.45) is 0 Å². The number of nitrogens with one attached hydrogen (secondary N) is 2. The van der Waals surface area contributed by atoms with Crippen LogP contribution in [0.2, 0.25) is 0 Å². The van der Waals surface area contributed by atoms with Crippen LogP contribution in [0.15, 0.2) is 52.1 Å². The predicted octanol–water partition coefficient (Wildman–Crippen LogP) is 1.68. The molecule has 0 fully saturated rings. The van der Waals surface area contributed by atoms with Gasteiger partial charge >= 0.3 is 5.69 Å². The molecule has 2 aromatic carbocycles. The molecule has 122 valence electrons. The number of fused-ring (bicyclic) bond motifs is 2. The molecule has 0 atom stereocenters. The third-order valence-corrected chi connectivity index (χ3v) is 4.12. The molecule has 4 rings (SSSR count). The van der Waals surface area contributed by atoms with Crippen molar-refractivity contribution in [1.29, 1.82) is 5.26 Å². The Labute approximate surface area is 141 Å². The molecule has 0 saturated heterocycles. The van der Waals surface area contributed by atoms with Crippen LogP contribution in [-0.2, 0) is 13.0 Å². The molecule has 0 spiro atoms. The topological polar surface area (TPSA) is 107 Å². The van der Waals surface area contributed by atoms with Gasteiger partial charge in [0.05, 0.1) is 33.6 Å². The normalized spacial score (nSPS) is 11.0. The van der Waals surface area contributed by atoms with Crippen LogP contribution >= 0.6 is 0 Å². The maximum absolute atomic E-state index is 12.5. The van der Waals surface area contributed by atoms with Gasteiger partial charge in [0.15, 0.2) is 0 Å². The first-order valence-electron chi connectivity index (χ1n) is 7.76. The molecule has 0 radical (unpaired) electrons. The van der Waals surface area contributed by atoms with Crippen molar-refractivity contribution in [2.45, 2.75) is 13.0 Å². The molecule has 0 unspecified atom stereocenters. The van der Waals surface area contributed by atoms with Crippen LogP contribution < -0.4 is 11.2 Å². The Bertz CT molecular complexity index is 1260. The Balaban J connectivity index is 1.68. The van der Waals surface area contributed by atoms with Crippen LogP contribution in [0, 0.1) is 11.3 Å². The Morgan fingerprint density at radius 2 is 1.92 bits per heavy atom. The summed E-state index contributed by atoms with van der Waals surface area (Å²) < 4.78 is 1.18. The number of hydrogen-bond acceptors (Lipinski definition) is 4. The van der Waals surface area contributed by atoms with Crippen LogP contribution in [0.5, 0.6) is 0 Å². The first kappa shape index (κ1) is 14.9. The van der Waals surface area contributed by atoms with Crippen molar-refractivity contribution in [2.75, 3.05) is 0 Å².